The van der Waals surface area contributed by atoms with Gasteiger partial charge in [-0.2, -0.15) is 0 Å². The molecule has 0 aromatic carbocycles. The number of ketones is 1. The standard InChI is InChI=1S/C33H50O8/c1-19(29(40-21(3)35)12-13-30(5,6)41-22(4)36)24-11-16-33(38)26-18-28(37)27-17-23(39-20(2)34)9-14-31(27,7)25(26)10-15-32(24,33)8/h18-19,23-25,27,29,38H,9-17H2,1-8H3/t19-,23-,24+,25-,27-,29+,31+,32+,33+/m0/s1. The zero-order valence-electron chi connectivity index (χ0n) is 26.2. The van der Waals surface area contributed by atoms with E-state index in [0.717, 1.165) is 37.7 Å². The Bertz CT molecular complexity index is 1110. The molecule has 3 fully saturated rings. The summed E-state index contributed by atoms with van der Waals surface area (Å²) in [5, 5.41) is 12.5. The van der Waals surface area contributed by atoms with Crippen molar-refractivity contribution in [3.8, 4) is 0 Å². The number of rotatable bonds is 8. The molecular weight excluding hydrogens is 524 g/mol. The van der Waals surface area contributed by atoms with Gasteiger partial charge >= 0.3 is 17.9 Å². The van der Waals surface area contributed by atoms with Gasteiger partial charge in [0.05, 0.1) is 5.60 Å². The van der Waals surface area contributed by atoms with Crippen LogP contribution in [0.5, 0.6) is 0 Å². The van der Waals surface area contributed by atoms with E-state index in [9.17, 15) is 24.3 Å². The van der Waals surface area contributed by atoms with Crippen LogP contribution in [-0.2, 0) is 33.4 Å². The lowest BCUT2D eigenvalue weighted by Gasteiger charge is -2.60. The molecule has 41 heavy (non-hydrogen) atoms. The molecule has 0 spiro atoms. The van der Waals surface area contributed by atoms with E-state index >= 15 is 0 Å². The number of fused-ring (bicyclic) bond motifs is 5. The summed E-state index contributed by atoms with van der Waals surface area (Å²) in [6.45, 7) is 14.4. The lowest BCUT2D eigenvalue weighted by molar-refractivity contribution is -0.162. The van der Waals surface area contributed by atoms with Gasteiger partial charge in [-0.15, -0.1) is 0 Å². The zero-order valence-corrected chi connectivity index (χ0v) is 26.2. The number of esters is 3. The molecule has 0 aromatic heterocycles. The zero-order chi connectivity index (χ0) is 30.5. The number of aliphatic hydroxyl groups is 1. The SMILES string of the molecule is CC(=O)O[C@H]1CC[C@@]2(C)[C@@H](C1)C(=O)C=C1[C@@H]2CC[C@]2(C)[C@@H]([C@H](C)[C@@H](CCC(C)(C)OC(C)=O)OC(C)=O)CC[C@@]12O. The van der Waals surface area contributed by atoms with Crippen LogP contribution in [0.1, 0.15) is 113 Å². The molecule has 9 atom stereocenters. The van der Waals surface area contributed by atoms with Crippen molar-refractivity contribution < 1.29 is 38.5 Å². The molecule has 0 saturated heterocycles. The van der Waals surface area contributed by atoms with E-state index < -0.39 is 16.6 Å². The van der Waals surface area contributed by atoms with Crippen LogP contribution < -0.4 is 0 Å². The maximum absolute atomic E-state index is 13.6. The van der Waals surface area contributed by atoms with Gasteiger partial charge in [-0.05, 0) is 106 Å². The minimum absolute atomic E-state index is 0.0370. The first-order valence-electron chi connectivity index (χ1n) is 15.5. The first kappa shape index (κ1) is 31.7. The second-order valence-electron chi connectivity index (χ2n) is 14.5. The van der Waals surface area contributed by atoms with Crippen LogP contribution in [0.4, 0.5) is 0 Å². The van der Waals surface area contributed by atoms with Crippen molar-refractivity contribution in [3.63, 3.8) is 0 Å². The highest BCUT2D eigenvalue weighted by atomic mass is 16.6. The van der Waals surface area contributed by atoms with Crippen LogP contribution in [0.15, 0.2) is 11.6 Å². The summed E-state index contributed by atoms with van der Waals surface area (Å²) in [5.41, 5.74) is -1.66. The Labute approximate surface area is 244 Å². The van der Waals surface area contributed by atoms with Crippen LogP contribution in [0.2, 0.25) is 0 Å². The first-order valence-corrected chi connectivity index (χ1v) is 15.5. The maximum atomic E-state index is 13.6. The molecule has 0 aromatic rings. The molecule has 0 bridgehead atoms. The molecule has 4 aliphatic rings. The van der Waals surface area contributed by atoms with Crippen molar-refractivity contribution >= 4 is 23.7 Å². The van der Waals surface area contributed by atoms with Crippen molar-refractivity contribution in [2.24, 2.45) is 34.5 Å². The highest BCUT2D eigenvalue weighted by Gasteiger charge is 2.67. The molecular formula is C33H50O8. The third-order valence-electron chi connectivity index (χ3n) is 11.4. The average Bonchev–Trinajstić information content (AvgIpc) is 3.12. The van der Waals surface area contributed by atoms with Crippen LogP contribution in [0.25, 0.3) is 0 Å². The molecule has 8 heteroatoms. The van der Waals surface area contributed by atoms with E-state index in [1.54, 1.807) is 6.08 Å². The number of ether oxygens (including phenoxy) is 3. The second kappa shape index (κ2) is 11.1. The van der Waals surface area contributed by atoms with Gasteiger partial charge in [-0.25, -0.2) is 0 Å². The van der Waals surface area contributed by atoms with Gasteiger partial charge in [-0.1, -0.05) is 20.8 Å². The highest BCUT2D eigenvalue weighted by Crippen LogP contribution is 2.68. The summed E-state index contributed by atoms with van der Waals surface area (Å²) in [4.78, 5) is 49.0. The molecule has 0 radical (unpaired) electrons. The van der Waals surface area contributed by atoms with Crippen LogP contribution in [0, 0.1) is 34.5 Å². The normalized spacial score (nSPS) is 38.0. The summed E-state index contributed by atoms with van der Waals surface area (Å²) in [6.07, 6.45) is 7.28. The third-order valence-corrected chi connectivity index (χ3v) is 11.4. The number of hydrogen-bond acceptors (Lipinski definition) is 8. The first-order chi connectivity index (χ1) is 18.9. The Kier molecular flexibility index (Phi) is 8.60. The van der Waals surface area contributed by atoms with Crippen LogP contribution in [-0.4, -0.2) is 52.2 Å². The van der Waals surface area contributed by atoms with Crippen molar-refractivity contribution in [2.45, 2.75) is 137 Å². The fraction of sp³-hybridized carbons (Fsp3) is 0.818. The van der Waals surface area contributed by atoms with Gasteiger partial charge in [0.25, 0.3) is 0 Å². The number of carbonyl (C=O) groups excluding carboxylic acids is 4. The predicted octanol–water partition coefficient (Wildman–Crippen LogP) is 5.48. The van der Waals surface area contributed by atoms with Crippen molar-refractivity contribution in [1.29, 1.82) is 0 Å². The highest BCUT2D eigenvalue weighted by molar-refractivity contribution is 5.95. The monoisotopic (exact) mass is 574 g/mol. The molecule has 230 valence electrons. The number of carbonyl (C=O) groups is 4. The van der Waals surface area contributed by atoms with Gasteiger partial charge in [0.1, 0.15) is 17.8 Å². The molecule has 0 heterocycles. The van der Waals surface area contributed by atoms with Gasteiger partial charge in [0.2, 0.25) is 0 Å². The number of hydrogen-bond donors (Lipinski definition) is 1. The van der Waals surface area contributed by atoms with Gasteiger partial charge in [0, 0.05) is 32.1 Å². The maximum Gasteiger partial charge on any atom is 0.303 e. The summed E-state index contributed by atoms with van der Waals surface area (Å²) < 4.78 is 16.9. The van der Waals surface area contributed by atoms with Crippen molar-refractivity contribution in [3.05, 3.63) is 11.6 Å². The minimum Gasteiger partial charge on any atom is -0.463 e. The largest absolute Gasteiger partial charge is 0.463 e. The smallest absolute Gasteiger partial charge is 0.303 e. The average molecular weight is 575 g/mol. The third kappa shape index (κ3) is 5.74. The van der Waals surface area contributed by atoms with E-state index in [1.165, 1.54) is 20.8 Å². The fourth-order valence-corrected chi connectivity index (χ4v) is 9.36. The molecule has 4 rings (SSSR count). The minimum atomic E-state index is -1.11. The van der Waals surface area contributed by atoms with E-state index in [1.807, 2.05) is 13.8 Å². The van der Waals surface area contributed by atoms with Crippen molar-refractivity contribution in [1.82, 2.24) is 0 Å². The summed E-state index contributed by atoms with van der Waals surface area (Å²) in [5.74, 6) is -1.04. The van der Waals surface area contributed by atoms with Crippen molar-refractivity contribution in [2.75, 3.05) is 0 Å². The molecule has 1 N–H and O–H groups in total. The Morgan fingerprint density at radius 3 is 2.29 bits per heavy atom. The van der Waals surface area contributed by atoms with E-state index in [2.05, 4.69) is 20.8 Å². The topological polar surface area (TPSA) is 116 Å². The van der Waals surface area contributed by atoms with E-state index in [0.29, 0.717) is 25.7 Å². The quantitative estimate of drug-likeness (QED) is 0.299. The predicted molar refractivity (Wildman–Crippen MR) is 152 cm³/mol. The lowest BCUT2D eigenvalue weighted by atomic mass is 9.46. The van der Waals surface area contributed by atoms with Gasteiger partial charge in [0.15, 0.2) is 5.78 Å². The molecule has 0 aliphatic heterocycles. The van der Waals surface area contributed by atoms with Crippen LogP contribution >= 0.6 is 0 Å². The Morgan fingerprint density at radius 2 is 1.68 bits per heavy atom. The molecule has 4 aliphatic carbocycles. The summed E-state index contributed by atoms with van der Waals surface area (Å²) in [7, 11) is 0. The molecule has 8 nitrogen and oxygen atoms in total. The fourth-order valence-electron chi connectivity index (χ4n) is 9.36. The Balaban J connectivity index is 1.59. The van der Waals surface area contributed by atoms with Crippen LogP contribution in [0.3, 0.4) is 0 Å². The van der Waals surface area contributed by atoms with E-state index in [4.69, 9.17) is 14.2 Å². The number of allylic oxidation sites excluding steroid dienone is 1. The summed E-state index contributed by atoms with van der Waals surface area (Å²) >= 11 is 0. The second-order valence-corrected chi connectivity index (χ2v) is 14.5. The van der Waals surface area contributed by atoms with Gasteiger partial charge < -0.3 is 19.3 Å². The summed E-state index contributed by atoms with van der Waals surface area (Å²) in [6, 6.07) is 0. The molecule has 0 amide bonds. The van der Waals surface area contributed by atoms with E-state index in [-0.39, 0.29) is 65.0 Å². The Hall–Kier alpha value is -2.22. The molecule has 0 unspecified atom stereocenters. The Morgan fingerprint density at radius 1 is 1.00 bits per heavy atom. The molecule has 3 saturated carbocycles. The lowest BCUT2D eigenvalue weighted by Crippen LogP contribution is -2.59. The van der Waals surface area contributed by atoms with Gasteiger partial charge in [-0.3, -0.25) is 19.2 Å².